The molecule has 0 saturated heterocycles. The molecule has 0 spiro atoms. The van der Waals surface area contributed by atoms with Gasteiger partial charge in [-0.15, -0.1) is 0 Å². The lowest BCUT2D eigenvalue weighted by Crippen LogP contribution is -2.28. The highest BCUT2D eigenvalue weighted by Crippen LogP contribution is 2.48. The molecule has 4 aromatic rings. The number of pyridine rings is 1. The minimum atomic E-state index is -0.774. The average Bonchev–Trinajstić information content (AvgIpc) is 3.47. The summed E-state index contributed by atoms with van der Waals surface area (Å²) in [6.07, 6.45) is 5.59. The van der Waals surface area contributed by atoms with Crippen molar-refractivity contribution in [3.63, 3.8) is 0 Å². The fourth-order valence-electron chi connectivity index (χ4n) is 4.07. The van der Waals surface area contributed by atoms with E-state index in [1.165, 1.54) is 0 Å². The number of hydrogen-bond donors (Lipinski definition) is 2. The highest BCUT2D eigenvalue weighted by atomic mass is 16.2. The van der Waals surface area contributed by atoms with Crippen LogP contribution in [0.5, 0.6) is 0 Å². The van der Waals surface area contributed by atoms with Crippen molar-refractivity contribution in [1.82, 2.24) is 9.97 Å². The van der Waals surface area contributed by atoms with Crippen molar-refractivity contribution in [2.75, 3.05) is 5.32 Å². The van der Waals surface area contributed by atoms with Gasteiger partial charge in [0.2, 0.25) is 0 Å². The Morgan fingerprint density at radius 1 is 0.871 bits per heavy atom. The predicted octanol–water partition coefficient (Wildman–Crippen LogP) is 5.01. The van der Waals surface area contributed by atoms with Crippen molar-refractivity contribution in [2.45, 2.75) is 25.7 Å². The summed E-state index contributed by atoms with van der Waals surface area (Å²) in [5, 5.41) is 4.43. The van der Waals surface area contributed by atoms with E-state index < -0.39 is 5.41 Å². The van der Waals surface area contributed by atoms with Gasteiger partial charge in [0.25, 0.3) is 0 Å². The Hall–Kier alpha value is -3.73. The summed E-state index contributed by atoms with van der Waals surface area (Å²) < 4.78 is 0. The van der Waals surface area contributed by atoms with E-state index in [9.17, 15) is 9.59 Å². The van der Waals surface area contributed by atoms with Crippen LogP contribution >= 0.6 is 0 Å². The first-order valence-electron chi connectivity index (χ1n) is 10.5. The Bertz CT molecular complexity index is 1240. The third kappa shape index (κ3) is 3.87. The van der Waals surface area contributed by atoms with Gasteiger partial charge in [-0.2, -0.15) is 0 Å². The first kappa shape index (κ1) is 19.2. The summed E-state index contributed by atoms with van der Waals surface area (Å²) in [4.78, 5) is 33.2. The molecule has 1 aliphatic carbocycles. The zero-order valence-electron chi connectivity index (χ0n) is 17.1. The topological polar surface area (TPSA) is 74.8 Å². The van der Waals surface area contributed by atoms with Crippen molar-refractivity contribution < 1.29 is 9.59 Å². The monoisotopic (exact) mass is 409 g/mol. The van der Waals surface area contributed by atoms with E-state index in [1.54, 1.807) is 6.20 Å². The number of nitrogens with zero attached hydrogens (tertiary/aromatic N) is 1. The van der Waals surface area contributed by atoms with Crippen LogP contribution in [0.3, 0.4) is 0 Å². The standard InChI is InChI=1S/C26H23N3O2/c30-23(16-18-4-2-1-3-5-18)26(12-13-26)24(31)17-19-6-8-20(9-7-19)29-22-11-15-28-25-21(22)10-14-27-25/h1-11,14-15H,12-13,16-17H2,(H2,27,28,29). The largest absolute Gasteiger partial charge is 0.355 e. The van der Waals surface area contributed by atoms with Crippen molar-refractivity contribution in [2.24, 2.45) is 5.41 Å². The van der Waals surface area contributed by atoms with Gasteiger partial charge in [0, 0.05) is 36.3 Å². The van der Waals surface area contributed by atoms with Crippen molar-refractivity contribution >= 4 is 34.0 Å². The number of carbonyl (C=O) groups excluding carboxylic acids is 2. The van der Waals surface area contributed by atoms with Gasteiger partial charge in [-0.25, -0.2) is 4.98 Å². The highest BCUT2D eigenvalue weighted by molar-refractivity contribution is 6.11. The van der Waals surface area contributed by atoms with E-state index in [0.717, 1.165) is 33.5 Å². The van der Waals surface area contributed by atoms with E-state index in [4.69, 9.17) is 0 Å². The molecule has 2 aromatic heterocycles. The molecule has 0 radical (unpaired) electrons. The molecule has 1 fully saturated rings. The first-order chi connectivity index (χ1) is 15.1. The molecular formula is C26H23N3O2. The number of carbonyl (C=O) groups is 2. The molecule has 2 heterocycles. The molecule has 5 rings (SSSR count). The molecule has 0 atom stereocenters. The van der Waals surface area contributed by atoms with Crippen LogP contribution in [0.15, 0.2) is 79.1 Å². The van der Waals surface area contributed by atoms with Crippen LogP contribution in [0.1, 0.15) is 24.0 Å². The van der Waals surface area contributed by atoms with E-state index in [-0.39, 0.29) is 18.0 Å². The van der Waals surface area contributed by atoms with Crippen LogP contribution in [-0.4, -0.2) is 21.5 Å². The average molecular weight is 409 g/mol. The second kappa shape index (κ2) is 7.84. The normalized spacial score (nSPS) is 14.3. The van der Waals surface area contributed by atoms with Gasteiger partial charge < -0.3 is 10.3 Å². The summed E-state index contributed by atoms with van der Waals surface area (Å²) in [6.45, 7) is 0. The number of benzene rings is 2. The maximum atomic E-state index is 13.0. The third-order valence-electron chi connectivity index (χ3n) is 6.08. The number of rotatable bonds is 8. The lowest BCUT2D eigenvalue weighted by atomic mass is 9.88. The van der Waals surface area contributed by atoms with Crippen LogP contribution in [0.25, 0.3) is 11.0 Å². The molecular weight excluding hydrogens is 386 g/mol. The Morgan fingerprint density at radius 2 is 1.55 bits per heavy atom. The van der Waals surface area contributed by atoms with Gasteiger partial charge >= 0.3 is 0 Å². The molecule has 0 amide bonds. The number of H-pyrrole nitrogens is 1. The summed E-state index contributed by atoms with van der Waals surface area (Å²) in [6, 6.07) is 21.4. The molecule has 0 aliphatic heterocycles. The minimum Gasteiger partial charge on any atom is -0.355 e. The van der Waals surface area contributed by atoms with Crippen LogP contribution in [0.4, 0.5) is 11.4 Å². The molecule has 5 heteroatoms. The number of fused-ring (bicyclic) bond motifs is 1. The van der Waals surface area contributed by atoms with E-state index in [2.05, 4.69) is 15.3 Å². The summed E-state index contributed by atoms with van der Waals surface area (Å²) in [7, 11) is 0. The smallest absolute Gasteiger partial charge is 0.150 e. The first-order valence-corrected chi connectivity index (χ1v) is 10.5. The number of hydrogen-bond acceptors (Lipinski definition) is 4. The number of nitrogens with one attached hydrogen (secondary N) is 2. The molecule has 5 nitrogen and oxygen atoms in total. The Balaban J connectivity index is 1.25. The summed E-state index contributed by atoms with van der Waals surface area (Å²) in [5.41, 5.74) is 3.86. The van der Waals surface area contributed by atoms with E-state index >= 15 is 0 Å². The summed E-state index contributed by atoms with van der Waals surface area (Å²) >= 11 is 0. The van der Waals surface area contributed by atoms with E-state index in [1.807, 2.05) is 72.9 Å². The Labute approximate surface area is 180 Å². The van der Waals surface area contributed by atoms with Crippen molar-refractivity contribution in [3.8, 4) is 0 Å². The fraction of sp³-hybridized carbons (Fsp3) is 0.192. The minimum absolute atomic E-state index is 0.0392. The molecule has 31 heavy (non-hydrogen) atoms. The molecule has 0 unspecified atom stereocenters. The number of ketones is 2. The van der Waals surface area contributed by atoms with Gasteiger partial charge in [0.1, 0.15) is 5.65 Å². The SMILES string of the molecule is O=C(Cc1ccccc1)C1(C(=O)Cc2ccc(Nc3ccnc4[nH]ccc34)cc2)CC1. The maximum Gasteiger partial charge on any atom is 0.150 e. The van der Waals surface area contributed by atoms with Crippen molar-refractivity contribution in [3.05, 3.63) is 90.3 Å². The molecule has 0 bridgehead atoms. The van der Waals surface area contributed by atoms with Crippen LogP contribution in [-0.2, 0) is 22.4 Å². The number of anilines is 2. The number of aromatic nitrogens is 2. The maximum absolute atomic E-state index is 13.0. The Morgan fingerprint density at radius 3 is 2.23 bits per heavy atom. The van der Waals surface area contributed by atoms with Crippen LogP contribution in [0.2, 0.25) is 0 Å². The van der Waals surface area contributed by atoms with Gasteiger partial charge in [-0.1, -0.05) is 42.5 Å². The van der Waals surface area contributed by atoms with Crippen LogP contribution < -0.4 is 5.32 Å². The fourth-order valence-corrected chi connectivity index (χ4v) is 4.07. The van der Waals surface area contributed by atoms with Gasteiger partial charge in [-0.05, 0) is 48.2 Å². The van der Waals surface area contributed by atoms with Gasteiger partial charge in [-0.3, -0.25) is 9.59 Å². The second-order valence-electron chi connectivity index (χ2n) is 8.19. The molecule has 1 aliphatic rings. The van der Waals surface area contributed by atoms with Gasteiger partial charge in [0.15, 0.2) is 11.6 Å². The molecule has 2 N–H and O–H groups in total. The lowest BCUT2D eigenvalue weighted by Gasteiger charge is -2.14. The lowest BCUT2D eigenvalue weighted by molar-refractivity contribution is -0.133. The zero-order valence-corrected chi connectivity index (χ0v) is 17.1. The molecule has 1 saturated carbocycles. The number of Topliss-reactive ketones (excluding diaryl/α,β-unsaturated/α-hetero) is 2. The second-order valence-corrected chi connectivity index (χ2v) is 8.19. The van der Waals surface area contributed by atoms with E-state index in [0.29, 0.717) is 19.3 Å². The molecule has 2 aromatic carbocycles. The molecule has 154 valence electrons. The summed E-state index contributed by atoms with van der Waals surface area (Å²) in [5.74, 6) is 0.0903. The van der Waals surface area contributed by atoms with Crippen molar-refractivity contribution in [1.29, 1.82) is 0 Å². The predicted molar refractivity (Wildman–Crippen MR) is 121 cm³/mol. The highest BCUT2D eigenvalue weighted by Gasteiger charge is 2.54. The zero-order chi connectivity index (χ0) is 21.3. The quantitative estimate of drug-likeness (QED) is 0.401. The third-order valence-corrected chi connectivity index (χ3v) is 6.08. The Kier molecular flexibility index (Phi) is 4.86. The number of aromatic amines is 1. The van der Waals surface area contributed by atoms with Gasteiger partial charge in [0.05, 0.1) is 11.1 Å². The van der Waals surface area contributed by atoms with Crippen LogP contribution in [0, 0.1) is 5.41 Å².